The molecule has 0 unspecified atom stereocenters. The van der Waals surface area contributed by atoms with Gasteiger partial charge in [0.15, 0.2) is 5.65 Å². The van der Waals surface area contributed by atoms with E-state index in [-0.39, 0.29) is 11.2 Å². The van der Waals surface area contributed by atoms with E-state index < -0.39 is 0 Å². The van der Waals surface area contributed by atoms with Crippen molar-refractivity contribution in [3.05, 3.63) is 39.8 Å². The standard InChI is InChI=1S/C14H20N4O2.C2H4/c1-3-8-18-12-10(13(19)17(2)14(18)20)15-11(16-12)9-6-4-5-7-9;1-2/h9H,3-8H2,1-2H3,(H,15,16);1-2H2. The summed E-state index contributed by atoms with van der Waals surface area (Å²) in [4.78, 5) is 32.1. The Morgan fingerprint density at radius 3 is 2.50 bits per heavy atom. The Bertz CT molecular complexity index is 763. The molecule has 22 heavy (non-hydrogen) atoms. The maximum atomic E-state index is 12.2. The van der Waals surface area contributed by atoms with E-state index in [1.165, 1.54) is 19.9 Å². The summed E-state index contributed by atoms with van der Waals surface area (Å²) in [7, 11) is 1.52. The molecule has 1 saturated carbocycles. The lowest BCUT2D eigenvalue weighted by molar-refractivity contribution is 0.609. The van der Waals surface area contributed by atoms with E-state index >= 15 is 0 Å². The summed E-state index contributed by atoms with van der Waals surface area (Å²) in [5.41, 5.74) is 0.409. The van der Waals surface area contributed by atoms with Gasteiger partial charge in [-0.3, -0.25) is 13.9 Å². The summed E-state index contributed by atoms with van der Waals surface area (Å²) >= 11 is 0. The van der Waals surface area contributed by atoms with Gasteiger partial charge < -0.3 is 4.98 Å². The summed E-state index contributed by atoms with van der Waals surface area (Å²) < 4.78 is 2.76. The number of hydrogen-bond donors (Lipinski definition) is 1. The normalized spacial score (nSPS) is 15.0. The fourth-order valence-electron chi connectivity index (χ4n) is 3.07. The smallest absolute Gasteiger partial charge is 0.332 e. The Kier molecular flexibility index (Phi) is 5.00. The van der Waals surface area contributed by atoms with Crippen molar-refractivity contribution in [2.45, 2.75) is 51.5 Å². The third-order valence-electron chi connectivity index (χ3n) is 4.18. The molecule has 0 saturated heterocycles. The fourth-order valence-corrected chi connectivity index (χ4v) is 3.07. The minimum absolute atomic E-state index is 0.283. The summed E-state index contributed by atoms with van der Waals surface area (Å²) in [6, 6.07) is 0. The van der Waals surface area contributed by atoms with Crippen LogP contribution in [0.2, 0.25) is 0 Å². The van der Waals surface area contributed by atoms with E-state index in [1.54, 1.807) is 4.57 Å². The maximum Gasteiger partial charge on any atom is 0.332 e. The number of H-pyrrole nitrogens is 1. The first-order chi connectivity index (χ1) is 10.6. The number of nitrogens with zero attached hydrogens (tertiary/aromatic N) is 3. The molecule has 0 spiro atoms. The number of aromatic nitrogens is 4. The average molecular weight is 304 g/mol. The molecule has 120 valence electrons. The van der Waals surface area contributed by atoms with Gasteiger partial charge in [0, 0.05) is 19.5 Å². The SMILES string of the molecule is C=C.CCCn1c(=O)n(C)c(=O)c2[nH]c(C3CCCC3)nc21. The van der Waals surface area contributed by atoms with Crippen LogP contribution in [0.3, 0.4) is 0 Å². The van der Waals surface area contributed by atoms with Crippen molar-refractivity contribution in [1.82, 2.24) is 19.1 Å². The summed E-state index contributed by atoms with van der Waals surface area (Å²) in [6.07, 6.45) is 5.47. The average Bonchev–Trinajstić information content (AvgIpc) is 3.20. The van der Waals surface area contributed by atoms with Gasteiger partial charge in [-0.1, -0.05) is 19.8 Å². The molecule has 1 N–H and O–H groups in total. The number of aryl methyl sites for hydroxylation is 1. The molecule has 0 bridgehead atoms. The Labute approximate surface area is 129 Å². The molecule has 0 aromatic carbocycles. The van der Waals surface area contributed by atoms with E-state index in [9.17, 15) is 9.59 Å². The zero-order valence-electron chi connectivity index (χ0n) is 13.4. The van der Waals surface area contributed by atoms with Crippen LogP contribution < -0.4 is 11.2 Å². The van der Waals surface area contributed by atoms with E-state index in [0.29, 0.717) is 23.6 Å². The molecule has 1 fully saturated rings. The highest BCUT2D eigenvalue weighted by molar-refractivity contribution is 5.70. The number of imidazole rings is 1. The molecular weight excluding hydrogens is 280 g/mol. The Morgan fingerprint density at radius 1 is 1.27 bits per heavy atom. The lowest BCUT2D eigenvalue weighted by Gasteiger charge is -2.06. The van der Waals surface area contributed by atoms with Crippen LogP contribution in [-0.4, -0.2) is 19.1 Å². The van der Waals surface area contributed by atoms with Crippen LogP contribution in [-0.2, 0) is 13.6 Å². The van der Waals surface area contributed by atoms with Gasteiger partial charge in [0.1, 0.15) is 11.3 Å². The van der Waals surface area contributed by atoms with Crippen LogP contribution in [0.1, 0.15) is 50.8 Å². The quantitative estimate of drug-likeness (QED) is 0.884. The highest BCUT2D eigenvalue weighted by Gasteiger charge is 2.23. The molecule has 3 rings (SSSR count). The molecule has 0 atom stereocenters. The Hall–Kier alpha value is -2.11. The molecular formula is C16H24N4O2. The van der Waals surface area contributed by atoms with Crippen LogP contribution in [0.4, 0.5) is 0 Å². The Morgan fingerprint density at radius 2 is 1.91 bits per heavy atom. The summed E-state index contributed by atoms with van der Waals surface area (Å²) in [5.74, 6) is 1.27. The first kappa shape index (κ1) is 16.3. The zero-order valence-corrected chi connectivity index (χ0v) is 13.4. The second kappa shape index (κ2) is 6.77. The molecule has 2 aromatic heterocycles. The second-order valence-electron chi connectivity index (χ2n) is 5.60. The lowest BCUT2D eigenvalue weighted by atomic mass is 10.1. The van der Waals surface area contributed by atoms with Crippen LogP contribution in [0.15, 0.2) is 22.7 Å². The van der Waals surface area contributed by atoms with Crippen molar-refractivity contribution in [2.24, 2.45) is 7.05 Å². The second-order valence-corrected chi connectivity index (χ2v) is 5.60. The van der Waals surface area contributed by atoms with Crippen molar-refractivity contribution in [3.63, 3.8) is 0 Å². The molecule has 1 aliphatic rings. The van der Waals surface area contributed by atoms with Gasteiger partial charge in [0.05, 0.1) is 0 Å². The number of rotatable bonds is 3. The van der Waals surface area contributed by atoms with E-state index in [1.807, 2.05) is 6.92 Å². The minimum Gasteiger partial charge on any atom is -0.336 e. The van der Waals surface area contributed by atoms with Gasteiger partial charge >= 0.3 is 5.69 Å². The largest absolute Gasteiger partial charge is 0.336 e. The van der Waals surface area contributed by atoms with Crippen molar-refractivity contribution in [1.29, 1.82) is 0 Å². The number of nitrogens with one attached hydrogen (secondary N) is 1. The highest BCUT2D eigenvalue weighted by atomic mass is 16.2. The van der Waals surface area contributed by atoms with Gasteiger partial charge in [0.2, 0.25) is 0 Å². The predicted octanol–water partition coefficient (Wildman–Crippen LogP) is 2.29. The number of aromatic amines is 1. The number of fused-ring (bicyclic) bond motifs is 1. The summed E-state index contributed by atoms with van der Waals surface area (Å²) in [6.45, 7) is 8.59. The first-order valence-corrected chi connectivity index (χ1v) is 7.83. The molecule has 6 heteroatoms. The van der Waals surface area contributed by atoms with Gasteiger partial charge in [0.25, 0.3) is 5.56 Å². The van der Waals surface area contributed by atoms with Gasteiger partial charge in [-0.15, -0.1) is 13.2 Å². The van der Waals surface area contributed by atoms with E-state index in [2.05, 4.69) is 23.1 Å². The molecule has 0 aliphatic heterocycles. The first-order valence-electron chi connectivity index (χ1n) is 7.83. The van der Waals surface area contributed by atoms with Crippen molar-refractivity contribution < 1.29 is 0 Å². The minimum atomic E-state index is -0.283. The van der Waals surface area contributed by atoms with Gasteiger partial charge in [-0.2, -0.15) is 0 Å². The molecule has 2 heterocycles. The van der Waals surface area contributed by atoms with Crippen LogP contribution >= 0.6 is 0 Å². The molecule has 2 aromatic rings. The Balaban J connectivity index is 0.000000847. The lowest BCUT2D eigenvalue weighted by Crippen LogP contribution is -2.38. The summed E-state index contributed by atoms with van der Waals surface area (Å²) in [5, 5.41) is 0. The highest BCUT2D eigenvalue weighted by Crippen LogP contribution is 2.32. The molecule has 1 aliphatic carbocycles. The predicted molar refractivity (Wildman–Crippen MR) is 88.3 cm³/mol. The van der Waals surface area contributed by atoms with E-state index in [0.717, 1.165) is 29.7 Å². The van der Waals surface area contributed by atoms with Crippen LogP contribution in [0.5, 0.6) is 0 Å². The van der Waals surface area contributed by atoms with Gasteiger partial charge in [-0.05, 0) is 19.3 Å². The van der Waals surface area contributed by atoms with Gasteiger partial charge in [-0.25, -0.2) is 9.78 Å². The van der Waals surface area contributed by atoms with E-state index in [4.69, 9.17) is 0 Å². The monoisotopic (exact) mass is 304 g/mol. The zero-order chi connectivity index (χ0) is 16.3. The van der Waals surface area contributed by atoms with Crippen molar-refractivity contribution >= 4 is 11.2 Å². The maximum absolute atomic E-state index is 12.2. The van der Waals surface area contributed by atoms with Crippen LogP contribution in [0, 0.1) is 0 Å². The van der Waals surface area contributed by atoms with Crippen molar-refractivity contribution in [2.75, 3.05) is 0 Å². The molecule has 0 amide bonds. The molecule has 6 nitrogen and oxygen atoms in total. The third-order valence-corrected chi connectivity index (χ3v) is 4.18. The van der Waals surface area contributed by atoms with Crippen LogP contribution in [0.25, 0.3) is 11.2 Å². The molecule has 0 radical (unpaired) electrons. The fraction of sp³-hybridized carbons (Fsp3) is 0.562. The van der Waals surface area contributed by atoms with Crippen molar-refractivity contribution in [3.8, 4) is 0 Å². The number of hydrogen-bond acceptors (Lipinski definition) is 3. The topological polar surface area (TPSA) is 72.7 Å². The third kappa shape index (κ3) is 2.65.